The normalized spacial score (nSPS) is 23.3. The molecule has 0 aromatic heterocycles. The van der Waals surface area contributed by atoms with Gasteiger partial charge < -0.3 is 24.6 Å². The first kappa shape index (κ1) is 26.2. The van der Waals surface area contributed by atoms with Crippen LogP contribution in [-0.2, 0) is 32.1 Å². The van der Waals surface area contributed by atoms with E-state index in [1.54, 1.807) is 4.90 Å². The Hall–Kier alpha value is -3.39. The second-order valence-corrected chi connectivity index (χ2v) is 10.6. The summed E-state index contributed by atoms with van der Waals surface area (Å²) in [4.78, 5) is 42.9. The molecular weight excluding hydrogens is 482 g/mol. The van der Waals surface area contributed by atoms with Gasteiger partial charge in [0, 0.05) is 25.6 Å². The molecule has 38 heavy (non-hydrogen) atoms. The summed E-state index contributed by atoms with van der Waals surface area (Å²) in [6.07, 6.45) is 4.67. The van der Waals surface area contributed by atoms with Crippen molar-refractivity contribution < 1.29 is 23.9 Å². The van der Waals surface area contributed by atoms with E-state index in [9.17, 15) is 14.4 Å². The number of likely N-dealkylation sites (tertiary alicyclic amines) is 1. The molecule has 1 saturated heterocycles. The molecule has 8 nitrogen and oxygen atoms in total. The highest BCUT2D eigenvalue weighted by atomic mass is 16.5. The third kappa shape index (κ3) is 6.35. The third-order valence-corrected chi connectivity index (χ3v) is 7.83. The number of nitrogens with zero attached hydrogens (tertiary/aromatic N) is 2. The molecule has 3 amide bonds. The maximum absolute atomic E-state index is 13.2. The van der Waals surface area contributed by atoms with Crippen LogP contribution in [0.3, 0.4) is 0 Å². The molecule has 1 saturated carbocycles. The second kappa shape index (κ2) is 12.0. The van der Waals surface area contributed by atoms with Crippen molar-refractivity contribution in [1.82, 2.24) is 15.1 Å². The van der Waals surface area contributed by atoms with Crippen LogP contribution in [0.5, 0.6) is 11.5 Å². The number of amides is 3. The van der Waals surface area contributed by atoms with E-state index in [1.807, 2.05) is 60.4 Å². The number of ether oxygens (including phenoxy) is 2. The van der Waals surface area contributed by atoms with Gasteiger partial charge in [-0.3, -0.25) is 14.4 Å². The summed E-state index contributed by atoms with van der Waals surface area (Å²) in [6.45, 7) is 3.65. The Kier molecular flexibility index (Phi) is 8.27. The summed E-state index contributed by atoms with van der Waals surface area (Å²) in [6, 6.07) is 14.9. The molecule has 0 spiro atoms. The lowest BCUT2D eigenvalue weighted by Gasteiger charge is -2.40. The van der Waals surface area contributed by atoms with Gasteiger partial charge in [0.25, 0.3) is 0 Å². The number of nitrogens with one attached hydrogen (secondary N) is 1. The van der Waals surface area contributed by atoms with Crippen LogP contribution in [0.25, 0.3) is 0 Å². The molecule has 0 radical (unpaired) electrons. The van der Waals surface area contributed by atoms with Crippen LogP contribution in [0.2, 0.25) is 0 Å². The van der Waals surface area contributed by atoms with Gasteiger partial charge in [0.15, 0.2) is 0 Å². The molecule has 2 aliphatic heterocycles. The van der Waals surface area contributed by atoms with E-state index in [4.69, 9.17) is 9.47 Å². The van der Waals surface area contributed by atoms with Gasteiger partial charge in [-0.25, -0.2) is 0 Å². The fourth-order valence-electron chi connectivity index (χ4n) is 5.75. The first-order valence-corrected chi connectivity index (χ1v) is 13.8. The molecule has 202 valence electrons. The molecule has 2 atom stereocenters. The van der Waals surface area contributed by atoms with Gasteiger partial charge in [-0.15, -0.1) is 0 Å². The smallest absolute Gasteiger partial charge is 0.239 e. The van der Waals surface area contributed by atoms with E-state index >= 15 is 0 Å². The number of hydrogen-bond donors (Lipinski definition) is 1. The Morgan fingerprint density at radius 2 is 1.71 bits per heavy atom. The first-order valence-electron chi connectivity index (χ1n) is 13.8. The molecule has 1 N–H and O–H groups in total. The first-order chi connectivity index (χ1) is 18.5. The zero-order chi connectivity index (χ0) is 26.5. The number of benzene rings is 2. The second-order valence-electron chi connectivity index (χ2n) is 10.6. The summed E-state index contributed by atoms with van der Waals surface area (Å²) in [5.74, 6) is 1.26. The molecule has 2 fully saturated rings. The van der Waals surface area contributed by atoms with Crippen LogP contribution >= 0.6 is 0 Å². The Balaban J connectivity index is 1.38. The highest BCUT2D eigenvalue weighted by molar-refractivity contribution is 5.86. The highest BCUT2D eigenvalue weighted by Gasteiger charge is 2.36. The Morgan fingerprint density at radius 1 is 1.00 bits per heavy atom. The predicted octanol–water partition coefficient (Wildman–Crippen LogP) is 3.68. The van der Waals surface area contributed by atoms with E-state index in [2.05, 4.69) is 5.32 Å². The minimum atomic E-state index is -0.347. The highest BCUT2D eigenvalue weighted by Crippen LogP contribution is 2.29. The van der Waals surface area contributed by atoms with Crippen LogP contribution in [0.4, 0.5) is 0 Å². The number of likely N-dealkylation sites (N-methyl/N-ethyl adjacent to an activating group) is 1. The summed E-state index contributed by atoms with van der Waals surface area (Å²) in [7, 11) is 0. The van der Waals surface area contributed by atoms with Crippen molar-refractivity contribution in [1.29, 1.82) is 0 Å². The fourth-order valence-corrected chi connectivity index (χ4v) is 5.75. The number of fused-ring (bicyclic) bond motifs is 5. The standard InChI is InChI=1S/C30H37N3O5/c1-2-32-19-28(34)31-26-18-33(30(36)23-9-3-4-10-23)14-13-27(26)37-20-22-8-6-12-25(16-22)38-24-11-5-7-21(15-24)17-29(32)35/h5-8,11-12,15-16,23,26-27H,2-4,9-10,13-14,17-20H2,1H3,(H,31,34)/t26-,27-/m0/s1. The van der Waals surface area contributed by atoms with Crippen molar-refractivity contribution in [3.8, 4) is 11.5 Å². The van der Waals surface area contributed by atoms with E-state index < -0.39 is 0 Å². The molecule has 3 aliphatic rings. The van der Waals surface area contributed by atoms with E-state index in [0.29, 0.717) is 44.2 Å². The summed E-state index contributed by atoms with van der Waals surface area (Å²) in [5, 5.41) is 3.11. The minimum absolute atomic E-state index is 0.0356. The minimum Gasteiger partial charge on any atom is -0.457 e. The lowest BCUT2D eigenvalue weighted by molar-refractivity contribution is -0.141. The predicted molar refractivity (Wildman–Crippen MR) is 143 cm³/mol. The Bertz CT molecular complexity index is 1160. The molecule has 2 heterocycles. The van der Waals surface area contributed by atoms with Crippen molar-refractivity contribution in [3.05, 3.63) is 59.7 Å². The molecule has 1 aliphatic carbocycles. The molecule has 8 heteroatoms. The van der Waals surface area contributed by atoms with Gasteiger partial charge in [0.2, 0.25) is 17.7 Å². The fraction of sp³-hybridized carbons (Fsp3) is 0.500. The number of rotatable bonds is 2. The Labute approximate surface area is 224 Å². The monoisotopic (exact) mass is 519 g/mol. The van der Waals surface area contributed by atoms with Gasteiger partial charge in [-0.1, -0.05) is 37.1 Å². The maximum atomic E-state index is 13.2. The van der Waals surface area contributed by atoms with Crippen molar-refractivity contribution in [2.75, 3.05) is 26.2 Å². The summed E-state index contributed by atoms with van der Waals surface area (Å²) >= 11 is 0. The zero-order valence-electron chi connectivity index (χ0n) is 22.1. The lowest BCUT2D eigenvalue weighted by atomic mass is 9.98. The van der Waals surface area contributed by atoms with Crippen molar-refractivity contribution >= 4 is 17.7 Å². The van der Waals surface area contributed by atoms with Crippen LogP contribution in [0.1, 0.15) is 50.2 Å². The molecular formula is C30H37N3O5. The molecule has 2 aromatic rings. The summed E-state index contributed by atoms with van der Waals surface area (Å²) in [5.41, 5.74) is 1.79. The summed E-state index contributed by atoms with van der Waals surface area (Å²) < 4.78 is 12.4. The van der Waals surface area contributed by atoms with Crippen molar-refractivity contribution in [2.45, 2.75) is 64.2 Å². The maximum Gasteiger partial charge on any atom is 0.239 e. The van der Waals surface area contributed by atoms with E-state index in [1.165, 1.54) is 0 Å². The SMILES string of the molecule is CCN1CC(=O)N[C@H]2CN(C(=O)C3CCCC3)CC[C@@H]2OCc2cccc(c2)Oc2cccc(c2)CC1=O. The van der Waals surface area contributed by atoms with Crippen molar-refractivity contribution in [2.24, 2.45) is 5.92 Å². The van der Waals surface area contributed by atoms with E-state index in [0.717, 1.165) is 36.8 Å². The van der Waals surface area contributed by atoms with Crippen molar-refractivity contribution in [3.63, 3.8) is 0 Å². The van der Waals surface area contributed by atoms with Crippen LogP contribution in [-0.4, -0.2) is 65.8 Å². The van der Waals surface area contributed by atoms with Gasteiger partial charge >= 0.3 is 0 Å². The average molecular weight is 520 g/mol. The van der Waals surface area contributed by atoms with E-state index in [-0.39, 0.29) is 48.8 Å². The zero-order valence-corrected chi connectivity index (χ0v) is 22.1. The molecule has 5 rings (SSSR count). The van der Waals surface area contributed by atoms with Gasteiger partial charge in [-0.05, 0) is 61.6 Å². The Morgan fingerprint density at radius 3 is 2.45 bits per heavy atom. The number of carbonyl (C=O) groups is 3. The van der Waals surface area contributed by atoms with Gasteiger partial charge in [0.1, 0.15) is 11.5 Å². The average Bonchev–Trinajstić information content (AvgIpc) is 3.46. The number of carbonyl (C=O) groups excluding carboxylic acids is 3. The van der Waals surface area contributed by atoms with Gasteiger partial charge in [-0.2, -0.15) is 0 Å². The van der Waals surface area contributed by atoms with Crippen LogP contribution < -0.4 is 10.1 Å². The number of piperidine rings is 1. The molecule has 0 unspecified atom stereocenters. The van der Waals surface area contributed by atoms with Gasteiger partial charge in [0.05, 0.1) is 31.7 Å². The topological polar surface area (TPSA) is 88.2 Å². The third-order valence-electron chi connectivity index (χ3n) is 7.83. The number of hydrogen-bond acceptors (Lipinski definition) is 5. The van der Waals surface area contributed by atoms with Crippen LogP contribution in [0, 0.1) is 5.92 Å². The quantitative estimate of drug-likeness (QED) is 0.654. The van der Waals surface area contributed by atoms with Crippen LogP contribution in [0.15, 0.2) is 48.5 Å². The lowest BCUT2D eigenvalue weighted by Crippen LogP contribution is -2.59. The molecule has 4 bridgehead atoms. The molecule has 2 aromatic carbocycles. The largest absolute Gasteiger partial charge is 0.457 e.